The number of hydrogen-bond donors (Lipinski definition) is 2. The SMILES string of the molecule is CC(CN(C(C)C)C(C)(C)C)CS(=O)(=O)NC(=O)Nc1c2c(cc3c1CCC3)CCC2. The van der Waals surface area contributed by atoms with Crippen LogP contribution in [-0.4, -0.2) is 43.2 Å². The molecule has 0 aromatic heterocycles. The number of amides is 2. The van der Waals surface area contributed by atoms with E-state index in [1.54, 1.807) is 0 Å². The predicted octanol–water partition coefficient (Wildman–Crippen LogP) is 4.26. The summed E-state index contributed by atoms with van der Waals surface area (Å²) in [5, 5.41) is 2.92. The number of rotatable bonds is 7. The molecule has 1 aromatic rings. The van der Waals surface area contributed by atoms with Crippen LogP contribution in [0.15, 0.2) is 6.07 Å². The summed E-state index contributed by atoms with van der Waals surface area (Å²) in [7, 11) is -3.73. The van der Waals surface area contributed by atoms with Gasteiger partial charge in [-0.25, -0.2) is 17.9 Å². The zero-order valence-corrected chi connectivity index (χ0v) is 20.8. The number of aryl methyl sites for hydroxylation is 2. The molecule has 2 aliphatic carbocycles. The summed E-state index contributed by atoms with van der Waals surface area (Å²) in [4.78, 5) is 15.0. The summed E-state index contributed by atoms with van der Waals surface area (Å²) in [5.41, 5.74) is 5.82. The molecule has 0 saturated heterocycles. The van der Waals surface area contributed by atoms with Gasteiger partial charge < -0.3 is 5.32 Å². The number of carbonyl (C=O) groups is 1. The number of sulfonamides is 1. The molecule has 0 aliphatic heterocycles. The quantitative estimate of drug-likeness (QED) is 0.652. The van der Waals surface area contributed by atoms with Gasteiger partial charge in [-0.05, 0) is 101 Å². The summed E-state index contributed by atoms with van der Waals surface area (Å²) in [6, 6.07) is 1.96. The van der Waals surface area contributed by atoms with Gasteiger partial charge in [0, 0.05) is 23.8 Å². The van der Waals surface area contributed by atoms with E-state index in [1.807, 2.05) is 6.92 Å². The first kappa shape index (κ1) is 24.1. The summed E-state index contributed by atoms with van der Waals surface area (Å²) < 4.78 is 27.7. The van der Waals surface area contributed by atoms with Crippen LogP contribution in [-0.2, 0) is 35.7 Å². The van der Waals surface area contributed by atoms with Gasteiger partial charge in [0.2, 0.25) is 10.0 Å². The Kier molecular flexibility index (Phi) is 7.06. The molecule has 1 atom stereocenters. The molecule has 0 fully saturated rings. The minimum Gasteiger partial charge on any atom is -0.307 e. The average molecular weight is 450 g/mol. The lowest BCUT2D eigenvalue weighted by Crippen LogP contribution is -2.49. The van der Waals surface area contributed by atoms with Gasteiger partial charge in [-0.2, -0.15) is 0 Å². The Hall–Kier alpha value is -1.60. The maximum Gasteiger partial charge on any atom is 0.332 e. The van der Waals surface area contributed by atoms with Gasteiger partial charge in [0.05, 0.1) is 5.75 Å². The van der Waals surface area contributed by atoms with Crippen LogP contribution >= 0.6 is 0 Å². The van der Waals surface area contributed by atoms with E-state index in [4.69, 9.17) is 0 Å². The summed E-state index contributed by atoms with van der Waals surface area (Å²) in [6.07, 6.45) is 6.14. The molecule has 6 nitrogen and oxygen atoms in total. The number of fused-ring (bicyclic) bond motifs is 2. The number of nitrogens with one attached hydrogen (secondary N) is 2. The van der Waals surface area contributed by atoms with Gasteiger partial charge in [0.1, 0.15) is 0 Å². The molecule has 0 spiro atoms. The predicted molar refractivity (Wildman–Crippen MR) is 127 cm³/mol. The summed E-state index contributed by atoms with van der Waals surface area (Å²) in [6.45, 7) is 13.2. The van der Waals surface area contributed by atoms with Gasteiger partial charge in [-0.3, -0.25) is 4.90 Å². The van der Waals surface area contributed by atoms with E-state index in [2.05, 4.69) is 55.6 Å². The minimum atomic E-state index is -3.73. The normalized spacial score (nSPS) is 17.0. The number of anilines is 1. The van der Waals surface area contributed by atoms with Crippen LogP contribution in [0.25, 0.3) is 0 Å². The lowest BCUT2D eigenvalue weighted by molar-refractivity contribution is 0.0849. The van der Waals surface area contributed by atoms with E-state index in [0.717, 1.165) is 44.2 Å². The molecule has 31 heavy (non-hydrogen) atoms. The number of benzene rings is 1. The first-order chi connectivity index (χ1) is 14.4. The Balaban J connectivity index is 1.66. The fraction of sp³-hybridized carbons (Fsp3) is 0.708. The van der Waals surface area contributed by atoms with E-state index in [1.165, 1.54) is 22.3 Å². The van der Waals surface area contributed by atoms with Crippen molar-refractivity contribution in [3.8, 4) is 0 Å². The second-order valence-electron chi connectivity index (χ2n) is 10.6. The van der Waals surface area contributed by atoms with Gasteiger partial charge >= 0.3 is 6.03 Å². The molecular formula is C24H39N3O3S. The molecule has 2 amide bonds. The fourth-order valence-corrected chi connectivity index (χ4v) is 6.58. The lowest BCUT2D eigenvalue weighted by Gasteiger charge is -2.40. The molecule has 174 valence electrons. The van der Waals surface area contributed by atoms with Crippen molar-refractivity contribution in [2.45, 2.75) is 91.6 Å². The van der Waals surface area contributed by atoms with E-state index < -0.39 is 16.1 Å². The highest BCUT2D eigenvalue weighted by Crippen LogP contribution is 2.38. The molecule has 2 N–H and O–H groups in total. The molecule has 0 heterocycles. The standard InChI is InChI=1S/C24H39N3O3S/c1-16(2)27(24(4,5)6)14-17(3)15-31(29,30)26-23(28)25-22-20-11-7-9-18(20)13-19-10-8-12-21(19)22/h13,16-17H,7-12,14-15H2,1-6H3,(H2,25,26,28). The van der Waals surface area contributed by atoms with Crippen LogP contribution < -0.4 is 10.0 Å². The number of urea groups is 1. The van der Waals surface area contributed by atoms with Crippen LogP contribution in [0.1, 0.15) is 76.6 Å². The van der Waals surface area contributed by atoms with Crippen molar-refractivity contribution < 1.29 is 13.2 Å². The largest absolute Gasteiger partial charge is 0.332 e. The highest BCUT2D eigenvalue weighted by Gasteiger charge is 2.29. The molecule has 3 rings (SSSR count). The van der Waals surface area contributed by atoms with Gasteiger partial charge in [0.15, 0.2) is 0 Å². The monoisotopic (exact) mass is 449 g/mol. The summed E-state index contributed by atoms with van der Waals surface area (Å²) in [5.74, 6) is -0.179. The number of nitrogens with zero attached hydrogens (tertiary/aromatic N) is 1. The maximum atomic E-state index is 12.7. The highest BCUT2D eigenvalue weighted by molar-refractivity contribution is 7.90. The van der Waals surface area contributed by atoms with Crippen LogP contribution in [0.4, 0.5) is 10.5 Å². The topological polar surface area (TPSA) is 78.5 Å². The maximum absolute atomic E-state index is 12.7. The molecule has 2 aliphatic rings. The zero-order valence-electron chi connectivity index (χ0n) is 20.0. The van der Waals surface area contributed by atoms with Crippen LogP contribution in [0, 0.1) is 5.92 Å². The van der Waals surface area contributed by atoms with Crippen molar-refractivity contribution in [3.05, 3.63) is 28.3 Å². The third-order valence-corrected chi connectivity index (χ3v) is 7.96. The third kappa shape index (κ3) is 5.80. The average Bonchev–Trinajstić information content (AvgIpc) is 3.26. The van der Waals surface area contributed by atoms with Crippen LogP contribution in [0.2, 0.25) is 0 Å². The fourth-order valence-electron chi connectivity index (χ4n) is 5.31. The number of hydrogen-bond acceptors (Lipinski definition) is 4. The van der Waals surface area contributed by atoms with E-state index >= 15 is 0 Å². The van der Waals surface area contributed by atoms with E-state index in [0.29, 0.717) is 12.6 Å². The zero-order chi connectivity index (χ0) is 23.0. The van der Waals surface area contributed by atoms with Gasteiger partial charge in [0.25, 0.3) is 0 Å². The van der Waals surface area contributed by atoms with E-state index in [-0.39, 0.29) is 17.2 Å². The van der Waals surface area contributed by atoms with Gasteiger partial charge in [-0.1, -0.05) is 13.0 Å². The molecule has 7 heteroatoms. The molecular weight excluding hydrogens is 410 g/mol. The first-order valence-electron chi connectivity index (χ1n) is 11.6. The van der Waals surface area contributed by atoms with Crippen molar-refractivity contribution in [1.29, 1.82) is 0 Å². The van der Waals surface area contributed by atoms with Crippen molar-refractivity contribution in [2.24, 2.45) is 5.92 Å². The molecule has 1 unspecified atom stereocenters. The van der Waals surface area contributed by atoms with Crippen molar-refractivity contribution in [3.63, 3.8) is 0 Å². The van der Waals surface area contributed by atoms with Crippen LogP contribution in [0.5, 0.6) is 0 Å². The highest BCUT2D eigenvalue weighted by atomic mass is 32.2. The molecule has 0 saturated carbocycles. The van der Waals surface area contributed by atoms with Crippen molar-refractivity contribution >= 4 is 21.7 Å². The third-order valence-electron chi connectivity index (χ3n) is 6.46. The Morgan fingerprint density at radius 3 is 2.06 bits per heavy atom. The molecule has 0 radical (unpaired) electrons. The lowest BCUT2D eigenvalue weighted by atomic mass is 9.99. The van der Waals surface area contributed by atoms with E-state index in [9.17, 15) is 13.2 Å². The van der Waals surface area contributed by atoms with Gasteiger partial charge in [-0.15, -0.1) is 0 Å². The van der Waals surface area contributed by atoms with Crippen molar-refractivity contribution in [1.82, 2.24) is 9.62 Å². The number of carbonyl (C=O) groups excluding carboxylic acids is 1. The molecule has 1 aromatic carbocycles. The second-order valence-corrected chi connectivity index (χ2v) is 12.4. The Bertz CT molecular complexity index is 900. The first-order valence-corrected chi connectivity index (χ1v) is 13.3. The second kappa shape index (κ2) is 9.10. The minimum absolute atomic E-state index is 0.0505. The Morgan fingerprint density at radius 1 is 1.03 bits per heavy atom. The molecule has 0 bridgehead atoms. The van der Waals surface area contributed by atoms with Crippen LogP contribution in [0.3, 0.4) is 0 Å². The summed E-state index contributed by atoms with van der Waals surface area (Å²) >= 11 is 0. The Morgan fingerprint density at radius 2 is 1.58 bits per heavy atom. The smallest absolute Gasteiger partial charge is 0.307 e. The van der Waals surface area contributed by atoms with Crippen molar-refractivity contribution in [2.75, 3.05) is 17.6 Å². The Labute approximate surface area is 188 Å².